The van der Waals surface area contributed by atoms with Gasteiger partial charge >= 0.3 is 0 Å². The van der Waals surface area contributed by atoms with E-state index in [1.165, 1.54) is 23.8 Å². The van der Waals surface area contributed by atoms with Gasteiger partial charge in [-0.2, -0.15) is 0 Å². The van der Waals surface area contributed by atoms with E-state index in [0.29, 0.717) is 17.3 Å². The van der Waals surface area contributed by atoms with Gasteiger partial charge < -0.3 is 9.64 Å². The lowest BCUT2D eigenvalue weighted by molar-refractivity contribution is -0.139. The van der Waals surface area contributed by atoms with Gasteiger partial charge in [0.05, 0.1) is 16.6 Å². The standard InChI is InChI=1S/C30H28N2O4S/c1-3-31(29(34)26(36-2)21-15-9-5-10-16-21)24-19-23(20-13-7-4-8-14-20)25-27(37-24)30(35)32(28(25)33)22-17-11-6-12-18-22/h4-19,23,25-27H,3H2,1-2H3/t23-,25+,26+,27-/m0/s1. The summed E-state index contributed by atoms with van der Waals surface area (Å²) in [7, 11) is 1.52. The van der Waals surface area contributed by atoms with Crippen molar-refractivity contribution in [3.8, 4) is 0 Å². The van der Waals surface area contributed by atoms with Crippen LogP contribution in [-0.4, -0.2) is 41.5 Å². The fourth-order valence-electron chi connectivity index (χ4n) is 5.09. The molecule has 4 atom stereocenters. The number of nitrogens with zero attached hydrogens (tertiary/aromatic N) is 2. The van der Waals surface area contributed by atoms with Gasteiger partial charge in [-0.25, -0.2) is 4.90 Å². The number of methoxy groups -OCH3 is 1. The topological polar surface area (TPSA) is 66.9 Å². The van der Waals surface area contributed by atoms with Crippen LogP contribution in [0.25, 0.3) is 0 Å². The number of hydrogen-bond acceptors (Lipinski definition) is 5. The van der Waals surface area contributed by atoms with Crippen molar-refractivity contribution in [2.45, 2.75) is 24.2 Å². The van der Waals surface area contributed by atoms with Gasteiger partial charge in [-0.1, -0.05) is 90.6 Å². The van der Waals surface area contributed by atoms with Crippen molar-refractivity contribution in [1.82, 2.24) is 4.90 Å². The molecule has 37 heavy (non-hydrogen) atoms. The average Bonchev–Trinajstić information content (AvgIpc) is 3.20. The Balaban J connectivity index is 1.55. The number of hydrogen-bond donors (Lipinski definition) is 0. The third-order valence-corrected chi connectivity index (χ3v) is 8.21. The number of likely N-dealkylation sites (N-methyl/N-ethyl adjacent to an activating group) is 1. The third kappa shape index (κ3) is 4.61. The van der Waals surface area contributed by atoms with Crippen LogP contribution in [-0.2, 0) is 19.1 Å². The molecular weight excluding hydrogens is 484 g/mol. The number of imide groups is 1. The Bertz CT molecular complexity index is 1310. The lowest BCUT2D eigenvalue weighted by Crippen LogP contribution is -2.38. The maximum atomic E-state index is 13.8. The van der Waals surface area contributed by atoms with E-state index >= 15 is 0 Å². The molecule has 0 aliphatic carbocycles. The van der Waals surface area contributed by atoms with Crippen LogP contribution in [0.4, 0.5) is 5.69 Å². The maximum absolute atomic E-state index is 13.8. The molecular formula is C30H28N2O4S. The van der Waals surface area contributed by atoms with Gasteiger partial charge in [-0.15, -0.1) is 0 Å². The predicted octanol–water partition coefficient (Wildman–Crippen LogP) is 5.15. The Kier molecular flexibility index (Phi) is 7.26. The summed E-state index contributed by atoms with van der Waals surface area (Å²) < 4.78 is 5.63. The van der Waals surface area contributed by atoms with E-state index in [1.807, 2.05) is 91.9 Å². The normalized spacial score (nSPS) is 21.8. The van der Waals surface area contributed by atoms with Gasteiger partial charge in [0.25, 0.3) is 5.91 Å². The van der Waals surface area contributed by atoms with Crippen molar-refractivity contribution in [3.05, 3.63) is 113 Å². The van der Waals surface area contributed by atoms with E-state index in [1.54, 1.807) is 17.0 Å². The molecule has 0 spiro atoms. The highest BCUT2D eigenvalue weighted by Crippen LogP contribution is 2.49. The fourth-order valence-corrected chi connectivity index (χ4v) is 6.56. The summed E-state index contributed by atoms with van der Waals surface area (Å²) in [4.78, 5) is 44.1. The molecule has 1 fully saturated rings. The number of anilines is 1. The molecule has 1 saturated heterocycles. The number of thioether (sulfide) groups is 1. The van der Waals surface area contributed by atoms with E-state index in [-0.39, 0.29) is 23.6 Å². The Morgan fingerprint density at radius 2 is 1.51 bits per heavy atom. The minimum absolute atomic E-state index is 0.211. The van der Waals surface area contributed by atoms with Crippen molar-refractivity contribution in [2.24, 2.45) is 5.92 Å². The van der Waals surface area contributed by atoms with Crippen LogP contribution in [0.1, 0.15) is 30.1 Å². The number of ether oxygens (including phenoxy) is 1. The van der Waals surface area contributed by atoms with Crippen molar-refractivity contribution in [2.75, 3.05) is 18.6 Å². The summed E-state index contributed by atoms with van der Waals surface area (Å²) in [6.07, 6.45) is 1.19. The van der Waals surface area contributed by atoms with Crippen LogP contribution in [0.5, 0.6) is 0 Å². The van der Waals surface area contributed by atoms with E-state index in [0.717, 1.165) is 11.1 Å². The quantitative estimate of drug-likeness (QED) is 0.410. The first kappa shape index (κ1) is 25.0. The SMILES string of the molecule is CCN(C(=O)[C@H](OC)c1ccccc1)C1=C[C@@H](c2ccccc2)[C@H]2C(=O)N(c3ccccc3)C(=O)[C@H]2S1. The molecule has 6 nitrogen and oxygen atoms in total. The molecule has 0 radical (unpaired) electrons. The molecule has 0 unspecified atom stereocenters. The zero-order valence-electron chi connectivity index (χ0n) is 20.7. The number of allylic oxidation sites excluding steroid dienone is 1. The van der Waals surface area contributed by atoms with Crippen LogP contribution in [0.3, 0.4) is 0 Å². The maximum Gasteiger partial charge on any atom is 0.261 e. The molecule has 2 aliphatic heterocycles. The highest BCUT2D eigenvalue weighted by Gasteiger charge is 2.54. The number of amides is 3. The molecule has 7 heteroatoms. The van der Waals surface area contributed by atoms with Gasteiger partial charge in [0, 0.05) is 19.6 Å². The molecule has 188 valence electrons. The number of benzene rings is 3. The number of carbonyl (C=O) groups is 3. The van der Waals surface area contributed by atoms with Crippen LogP contribution in [0.15, 0.2) is 102 Å². The Morgan fingerprint density at radius 3 is 2.11 bits per heavy atom. The third-order valence-electron chi connectivity index (χ3n) is 6.86. The largest absolute Gasteiger partial charge is 0.367 e. The molecule has 5 rings (SSSR count). The summed E-state index contributed by atoms with van der Waals surface area (Å²) in [5.74, 6) is -1.60. The van der Waals surface area contributed by atoms with Gasteiger partial charge in [-0.3, -0.25) is 14.4 Å². The Hall–Kier alpha value is -3.68. The first-order valence-electron chi connectivity index (χ1n) is 12.3. The zero-order chi connectivity index (χ0) is 25.9. The van der Waals surface area contributed by atoms with Gasteiger partial charge in [-0.05, 0) is 36.3 Å². The molecule has 2 aliphatic rings. The number of fused-ring (bicyclic) bond motifs is 1. The van der Waals surface area contributed by atoms with Crippen LogP contribution < -0.4 is 4.90 Å². The molecule has 2 heterocycles. The first-order chi connectivity index (χ1) is 18.0. The van der Waals surface area contributed by atoms with E-state index in [4.69, 9.17) is 4.74 Å². The lowest BCUT2D eigenvalue weighted by Gasteiger charge is -2.35. The number of rotatable bonds is 7. The van der Waals surface area contributed by atoms with Crippen LogP contribution in [0, 0.1) is 5.92 Å². The summed E-state index contributed by atoms with van der Waals surface area (Å²) in [5, 5.41) is 0.0223. The zero-order valence-corrected chi connectivity index (χ0v) is 21.5. The van der Waals surface area contributed by atoms with Crippen molar-refractivity contribution in [1.29, 1.82) is 0 Å². The summed E-state index contributed by atoms with van der Waals surface area (Å²) >= 11 is 1.29. The van der Waals surface area contributed by atoms with Crippen LogP contribution >= 0.6 is 11.8 Å². The van der Waals surface area contributed by atoms with E-state index in [9.17, 15) is 14.4 Å². The van der Waals surface area contributed by atoms with Crippen molar-refractivity contribution >= 4 is 35.2 Å². The Morgan fingerprint density at radius 1 is 0.919 bits per heavy atom. The smallest absolute Gasteiger partial charge is 0.261 e. The second-order valence-electron chi connectivity index (χ2n) is 8.96. The van der Waals surface area contributed by atoms with E-state index < -0.39 is 17.3 Å². The van der Waals surface area contributed by atoms with Crippen molar-refractivity contribution < 1.29 is 19.1 Å². The summed E-state index contributed by atoms with van der Waals surface area (Å²) in [6.45, 7) is 2.30. The first-order valence-corrected chi connectivity index (χ1v) is 13.2. The van der Waals surface area contributed by atoms with Crippen LogP contribution in [0.2, 0.25) is 0 Å². The summed E-state index contributed by atoms with van der Waals surface area (Å²) in [6, 6.07) is 28.1. The molecule has 3 amide bonds. The molecule has 0 aromatic heterocycles. The number of carbonyl (C=O) groups excluding carboxylic acids is 3. The summed E-state index contributed by atoms with van der Waals surface area (Å²) in [5.41, 5.74) is 2.25. The predicted molar refractivity (Wildman–Crippen MR) is 145 cm³/mol. The minimum atomic E-state index is -0.780. The van der Waals surface area contributed by atoms with Crippen molar-refractivity contribution in [3.63, 3.8) is 0 Å². The molecule has 0 bridgehead atoms. The Labute approximate surface area is 220 Å². The second kappa shape index (κ2) is 10.7. The monoisotopic (exact) mass is 512 g/mol. The minimum Gasteiger partial charge on any atom is -0.367 e. The van der Waals surface area contributed by atoms with Gasteiger partial charge in [0.15, 0.2) is 6.10 Å². The molecule has 3 aromatic rings. The fraction of sp³-hybridized carbons (Fsp3) is 0.233. The van der Waals surface area contributed by atoms with Gasteiger partial charge in [0.2, 0.25) is 11.8 Å². The van der Waals surface area contributed by atoms with Gasteiger partial charge in [0.1, 0.15) is 5.25 Å². The molecule has 0 N–H and O–H groups in total. The number of para-hydroxylation sites is 1. The highest BCUT2D eigenvalue weighted by molar-refractivity contribution is 8.04. The average molecular weight is 513 g/mol. The lowest BCUT2D eigenvalue weighted by atomic mass is 9.84. The second-order valence-corrected chi connectivity index (χ2v) is 10.1. The molecule has 0 saturated carbocycles. The highest BCUT2D eigenvalue weighted by atomic mass is 32.2. The molecule has 3 aromatic carbocycles. The van der Waals surface area contributed by atoms with E-state index in [2.05, 4.69) is 0 Å².